The van der Waals surface area contributed by atoms with Gasteiger partial charge >= 0.3 is 0 Å². The van der Waals surface area contributed by atoms with Gasteiger partial charge in [0.15, 0.2) is 5.96 Å². The largest absolute Gasteiger partial charge is 0.357 e. The average Bonchev–Trinajstić information content (AvgIpc) is 2.58. The van der Waals surface area contributed by atoms with E-state index in [1.165, 1.54) is 31.5 Å². The number of piperidine rings is 1. The lowest BCUT2D eigenvalue weighted by molar-refractivity contribution is 0.210. The van der Waals surface area contributed by atoms with Crippen LogP contribution in [0.1, 0.15) is 38.2 Å². The molecule has 0 saturated carbocycles. The molecule has 4 nitrogen and oxygen atoms in total. The molecule has 0 aromatic heterocycles. The second kappa shape index (κ2) is 9.56. The zero-order chi connectivity index (χ0) is 16.5. The number of aliphatic imine (C=N–C) groups is 1. The van der Waals surface area contributed by atoms with Crippen LogP contribution < -0.4 is 10.6 Å². The molecule has 0 radical (unpaired) electrons. The fourth-order valence-electron chi connectivity index (χ4n) is 3.14. The third-order valence-electron chi connectivity index (χ3n) is 4.52. The van der Waals surface area contributed by atoms with Gasteiger partial charge in [-0.05, 0) is 44.8 Å². The lowest BCUT2D eigenvalue weighted by Gasteiger charge is -2.30. The quantitative estimate of drug-likeness (QED) is 0.626. The molecule has 0 bridgehead atoms. The third-order valence-corrected chi connectivity index (χ3v) is 4.52. The molecule has 2 N–H and O–H groups in total. The molecule has 4 heteroatoms. The maximum Gasteiger partial charge on any atom is 0.191 e. The summed E-state index contributed by atoms with van der Waals surface area (Å²) >= 11 is 0. The Hall–Kier alpha value is -1.55. The Balaban J connectivity index is 1.84. The molecule has 1 aliphatic rings. The number of guanidine groups is 1. The van der Waals surface area contributed by atoms with E-state index in [2.05, 4.69) is 66.8 Å². The highest BCUT2D eigenvalue weighted by Gasteiger charge is 2.17. The molecule has 1 aliphatic heterocycles. The van der Waals surface area contributed by atoms with Crippen molar-refractivity contribution < 1.29 is 0 Å². The van der Waals surface area contributed by atoms with Crippen LogP contribution >= 0.6 is 0 Å². The van der Waals surface area contributed by atoms with Crippen molar-refractivity contribution in [1.29, 1.82) is 0 Å². The Labute approximate surface area is 141 Å². The smallest absolute Gasteiger partial charge is 0.191 e. The highest BCUT2D eigenvalue weighted by atomic mass is 15.2. The molecule has 0 aliphatic carbocycles. The van der Waals surface area contributed by atoms with E-state index >= 15 is 0 Å². The predicted octanol–water partition coefficient (Wildman–Crippen LogP) is 2.69. The third kappa shape index (κ3) is 6.22. The summed E-state index contributed by atoms with van der Waals surface area (Å²) < 4.78 is 0. The van der Waals surface area contributed by atoms with Crippen molar-refractivity contribution in [3.63, 3.8) is 0 Å². The van der Waals surface area contributed by atoms with Crippen LogP contribution in [0, 0.1) is 5.92 Å². The number of nitrogens with one attached hydrogen (secondary N) is 2. The molecule has 128 valence electrons. The Morgan fingerprint density at radius 3 is 2.78 bits per heavy atom. The van der Waals surface area contributed by atoms with Gasteiger partial charge < -0.3 is 15.5 Å². The summed E-state index contributed by atoms with van der Waals surface area (Å²) in [5.41, 5.74) is 1.35. The summed E-state index contributed by atoms with van der Waals surface area (Å²) in [4.78, 5) is 7.20. The molecule has 1 fully saturated rings. The van der Waals surface area contributed by atoms with Crippen LogP contribution in [0.3, 0.4) is 0 Å². The zero-order valence-corrected chi connectivity index (χ0v) is 14.9. The van der Waals surface area contributed by atoms with Crippen LogP contribution in [0.25, 0.3) is 0 Å². The van der Waals surface area contributed by atoms with E-state index in [1.54, 1.807) is 0 Å². The zero-order valence-electron chi connectivity index (χ0n) is 14.9. The number of hydrogen-bond acceptors (Lipinski definition) is 2. The summed E-state index contributed by atoms with van der Waals surface area (Å²) in [5.74, 6) is 2.11. The van der Waals surface area contributed by atoms with Gasteiger partial charge in [-0.2, -0.15) is 0 Å². The minimum atomic E-state index is 0.437. The van der Waals surface area contributed by atoms with E-state index in [1.807, 2.05) is 0 Å². The van der Waals surface area contributed by atoms with Crippen molar-refractivity contribution >= 4 is 5.96 Å². The van der Waals surface area contributed by atoms with Crippen molar-refractivity contribution in [1.82, 2.24) is 15.5 Å². The molecule has 1 saturated heterocycles. The van der Waals surface area contributed by atoms with Gasteiger partial charge in [-0.15, -0.1) is 0 Å². The van der Waals surface area contributed by atoms with Crippen LogP contribution in [0.2, 0.25) is 0 Å². The molecule has 1 aromatic rings. The molecule has 1 heterocycles. The molecular formula is C19H32N4. The highest BCUT2D eigenvalue weighted by molar-refractivity contribution is 5.79. The molecule has 0 spiro atoms. The summed E-state index contributed by atoms with van der Waals surface area (Å²) in [6.07, 6.45) is 2.62. The number of benzene rings is 1. The number of hydrogen-bond donors (Lipinski definition) is 2. The Kier molecular flexibility index (Phi) is 7.40. The van der Waals surface area contributed by atoms with Gasteiger partial charge in [-0.3, -0.25) is 4.99 Å². The maximum atomic E-state index is 4.77. The molecule has 2 rings (SSSR count). The molecule has 23 heavy (non-hydrogen) atoms. The first-order valence-electron chi connectivity index (χ1n) is 8.94. The number of rotatable bonds is 6. The van der Waals surface area contributed by atoms with E-state index < -0.39 is 0 Å². The minimum Gasteiger partial charge on any atom is -0.357 e. The van der Waals surface area contributed by atoms with Crippen LogP contribution in [0.15, 0.2) is 35.3 Å². The van der Waals surface area contributed by atoms with Crippen molar-refractivity contribution in [2.75, 3.05) is 39.8 Å². The van der Waals surface area contributed by atoms with Crippen molar-refractivity contribution in [2.45, 2.75) is 32.6 Å². The standard InChI is InChI=1S/C19H32N4/c1-4-20-19(22-14-17-9-8-12-23(3)15-17)21-13-16(2)18-10-6-5-7-11-18/h5-7,10-11,16-17H,4,8-9,12-15H2,1-3H3,(H2,20,21,22). The van der Waals surface area contributed by atoms with Gasteiger partial charge in [0.05, 0.1) is 0 Å². The van der Waals surface area contributed by atoms with Gasteiger partial charge in [0, 0.05) is 32.1 Å². The fraction of sp³-hybridized carbons (Fsp3) is 0.632. The topological polar surface area (TPSA) is 39.7 Å². The van der Waals surface area contributed by atoms with Crippen molar-refractivity contribution in [3.8, 4) is 0 Å². The molecular weight excluding hydrogens is 284 g/mol. The van der Waals surface area contributed by atoms with Gasteiger partial charge in [0.25, 0.3) is 0 Å². The summed E-state index contributed by atoms with van der Waals surface area (Å²) in [5, 5.41) is 6.90. The highest BCUT2D eigenvalue weighted by Crippen LogP contribution is 2.15. The number of likely N-dealkylation sites (tertiary alicyclic amines) is 1. The van der Waals surface area contributed by atoms with Crippen LogP contribution in [0.5, 0.6) is 0 Å². The summed E-state index contributed by atoms with van der Waals surface area (Å²) in [7, 11) is 2.22. The summed E-state index contributed by atoms with van der Waals surface area (Å²) in [6, 6.07) is 10.6. The second-order valence-electron chi connectivity index (χ2n) is 6.68. The molecule has 2 unspecified atom stereocenters. The van der Waals surface area contributed by atoms with E-state index in [9.17, 15) is 0 Å². The Morgan fingerprint density at radius 2 is 2.09 bits per heavy atom. The molecule has 1 aromatic carbocycles. The Morgan fingerprint density at radius 1 is 1.30 bits per heavy atom. The second-order valence-corrected chi connectivity index (χ2v) is 6.68. The average molecular weight is 316 g/mol. The SMILES string of the molecule is CCNC(=NCC(C)c1ccccc1)NCC1CCCN(C)C1. The predicted molar refractivity (Wildman–Crippen MR) is 99.1 cm³/mol. The monoisotopic (exact) mass is 316 g/mol. The first kappa shape index (κ1) is 17.8. The summed E-state index contributed by atoms with van der Waals surface area (Å²) in [6.45, 7) is 9.49. The first-order chi connectivity index (χ1) is 11.2. The first-order valence-corrected chi connectivity index (χ1v) is 8.94. The fourth-order valence-corrected chi connectivity index (χ4v) is 3.14. The lowest BCUT2D eigenvalue weighted by atomic mass is 9.98. The normalized spacial score (nSPS) is 21.0. The van der Waals surface area contributed by atoms with E-state index in [0.29, 0.717) is 5.92 Å². The van der Waals surface area contributed by atoms with E-state index in [-0.39, 0.29) is 0 Å². The van der Waals surface area contributed by atoms with Gasteiger partial charge in [-0.25, -0.2) is 0 Å². The number of nitrogens with zero attached hydrogens (tertiary/aromatic N) is 2. The van der Waals surface area contributed by atoms with Gasteiger partial charge in [-0.1, -0.05) is 37.3 Å². The Bertz CT molecular complexity index is 472. The van der Waals surface area contributed by atoms with Gasteiger partial charge in [0.2, 0.25) is 0 Å². The van der Waals surface area contributed by atoms with Crippen LogP contribution in [0.4, 0.5) is 0 Å². The lowest BCUT2D eigenvalue weighted by Crippen LogP contribution is -2.43. The van der Waals surface area contributed by atoms with Crippen LogP contribution in [-0.4, -0.2) is 50.6 Å². The molecule has 0 amide bonds. The minimum absolute atomic E-state index is 0.437. The van der Waals surface area contributed by atoms with E-state index in [0.717, 1.165) is 31.5 Å². The maximum absolute atomic E-state index is 4.77. The van der Waals surface area contributed by atoms with Crippen molar-refractivity contribution in [3.05, 3.63) is 35.9 Å². The van der Waals surface area contributed by atoms with Gasteiger partial charge in [0.1, 0.15) is 0 Å². The molecule has 2 atom stereocenters. The van der Waals surface area contributed by atoms with E-state index in [4.69, 9.17) is 4.99 Å². The van der Waals surface area contributed by atoms with Crippen molar-refractivity contribution in [2.24, 2.45) is 10.9 Å². The van der Waals surface area contributed by atoms with Crippen LogP contribution in [-0.2, 0) is 0 Å².